The Balaban J connectivity index is 1.65. The van der Waals surface area contributed by atoms with Gasteiger partial charge in [0.15, 0.2) is 0 Å². The molecule has 2 aromatic heterocycles. The van der Waals surface area contributed by atoms with Crippen LogP contribution in [0.3, 0.4) is 0 Å². The molecule has 7 heteroatoms. The fraction of sp³-hybridized carbons (Fsp3) is 0.409. The second kappa shape index (κ2) is 10.2. The summed E-state index contributed by atoms with van der Waals surface area (Å²) in [7, 11) is 0. The van der Waals surface area contributed by atoms with E-state index < -0.39 is 11.6 Å². The van der Waals surface area contributed by atoms with Gasteiger partial charge in [0.05, 0.1) is 5.39 Å². The van der Waals surface area contributed by atoms with E-state index in [0.717, 1.165) is 36.2 Å². The van der Waals surface area contributed by atoms with Crippen molar-refractivity contribution < 1.29 is 18.7 Å². The van der Waals surface area contributed by atoms with E-state index in [-0.39, 0.29) is 24.2 Å². The highest BCUT2D eigenvalue weighted by Gasteiger charge is 2.18. The lowest BCUT2D eigenvalue weighted by Crippen LogP contribution is -2.14. The first-order valence-corrected chi connectivity index (χ1v) is 10.7. The SMILES string of the molecule is CCCCCCC(C)Oc1nc2sc(C(=O)OCc3ccccc3)cc2c(=O)o1. The molecule has 2 heterocycles. The number of benzene rings is 1. The Kier molecular flexibility index (Phi) is 7.41. The molecule has 3 aromatic rings. The number of aromatic nitrogens is 1. The van der Waals surface area contributed by atoms with Crippen molar-refractivity contribution in [2.75, 3.05) is 0 Å². The first kappa shape index (κ1) is 21.0. The van der Waals surface area contributed by atoms with Crippen LogP contribution in [0.4, 0.5) is 0 Å². The third-order valence-electron chi connectivity index (χ3n) is 4.49. The van der Waals surface area contributed by atoms with E-state index in [4.69, 9.17) is 13.9 Å². The normalized spacial score (nSPS) is 12.1. The van der Waals surface area contributed by atoms with Crippen molar-refractivity contribution in [1.82, 2.24) is 4.98 Å². The van der Waals surface area contributed by atoms with Crippen molar-refractivity contribution >= 4 is 27.5 Å². The molecule has 1 atom stereocenters. The number of carbonyl (C=O) groups excluding carboxylic acids is 1. The molecule has 0 saturated heterocycles. The zero-order valence-electron chi connectivity index (χ0n) is 16.7. The summed E-state index contributed by atoms with van der Waals surface area (Å²) in [5.74, 6) is -0.497. The number of esters is 1. The van der Waals surface area contributed by atoms with E-state index >= 15 is 0 Å². The molecule has 0 fully saturated rings. The molecule has 0 aliphatic rings. The monoisotopic (exact) mass is 415 g/mol. The lowest BCUT2D eigenvalue weighted by Gasteiger charge is -2.11. The minimum Gasteiger partial charge on any atom is -0.457 e. The zero-order chi connectivity index (χ0) is 20.6. The van der Waals surface area contributed by atoms with Gasteiger partial charge in [-0.15, -0.1) is 11.3 Å². The van der Waals surface area contributed by atoms with Crippen molar-refractivity contribution in [3.63, 3.8) is 0 Å². The highest BCUT2D eigenvalue weighted by atomic mass is 32.1. The van der Waals surface area contributed by atoms with Gasteiger partial charge in [-0.05, 0) is 31.4 Å². The quantitative estimate of drug-likeness (QED) is 0.328. The Hall–Kier alpha value is -2.67. The van der Waals surface area contributed by atoms with E-state index in [1.165, 1.54) is 18.9 Å². The van der Waals surface area contributed by atoms with Crippen LogP contribution in [0.1, 0.15) is 61.2 Å². The maximum atomic E-state index is 12.3. The number of rotatable bonds is 10. The highest BCUT2D eigenvalue weighted by molar-refractivity contribution is 7.20. The molecule has 0 amide bonds. The summed E-state index contributed by atoms with van der Waals surface area (Å²) in [6.45, 7) is 4.26. The maximum Gasteiger partial charge on any atom is 0.398 e. The van der Waals surface area contributed by atoms with Gasteiger partial charge in [-0.25, -0.2) is 9.59 Å². The van der Waals surface area contributed by atoms with E-state index in [9.17, 15) is 9.59 Å². The maximum absolute atomic E-state index is 12.3. The van der Waals surface area contributed by atoms with Crippen LogP contribution in [0.25, 0.3) is 10.2 Å². The number of nitrogens with zero attached hydrogens (tertiary/aromatic N) is 1. The third kappa shape index (κ3) is 5.90. The molecule has 0 aliphatic carbocycles. The average Bonchev–Trinajstić information content (AvgIpc) is 3.15. The molecule has 0 bridgehead atoms. The number of fused-ring (bicyclic) bond motifs is 1. The highest BCUT2D eigenvalue weighted by Crippen LogP contribution is 2.25. The van der Waals surface area contributed by atoms with Gasteiger partial charge in [0.1, 0.15) is 22.4 Å². The summed E-state index contributed by atoms with van der Waals surface area (Å²) < 4.78 is 16.2. The van der Waals surface area contributed by atoms with Gasteiger partial charge in [-0.3, -0.25) is 0 Å². The molecule has 0 spiro atoms. The van der Waals surface area contributed by atoms with Crippen LogP contribution in [-0.2, 0) is 11.3 Å². The van der Waals surface area contributed by atoms with E-state index in [0.29, 0.717) is 9.71 Å². The summed E-state index contributed by atoms with van der Waals surface area (Å²) in [5, 5.41) is 0.254. The van der Waals surface area contributed by atoms with Crippen LogP contribution < -0.4 is 10.4 Å². The molecule has 1 unspecified atom stereocenters. The fourth-order valence-electron chi connectivity index (χ4n) is 2.89. The summed E-state index contributed by atoms with van der Waals surface area (Å²) in [6.07, 6.45) is 5.29. The number of hydrogen-bond donors (Lipinski definition) is 0. The number of unbranched alkanes of at least 4 members (excludes halogenated alkanes) is 3. The molecule has 0 saturated carbocycles. The number of ether oxygens (including phenoxy) is 2. The first-order chi connectivity index (χ1) is 14.1. The molecule has 0 N–H and O–H groups in total. The molecule has 6 nitrogen and oxygen atoms in total. The fourth-order valence-corrected chi connectivity index (χ4v) is 3.79. The van der Waals surface area contributed by atoms with E-state index in [1.54, 1.807) is 0 Å². The second-order valence-corrected chi connectivity index (χ2v) is 7.97. The minimum atomic E-state index is -0.568. The van der Waals surface area contributed by atoms with Gasteiger partial charge in [-0.1, -0.05) is 56.5 Å². The minimum absolute atomic E-state index is 0.0588. The van der Waals surface area contributed by atoms with E-state index in [1.807, 2.05) is 37.3 Å². The van der Waals surface area contributed by atoms with Gasteiger partial charge in [0.2, 0.25) is 0 Å². The summed E-state index contributed by atoms with van der Waals surface area (Å²) in [4.78, 5) is 29.6. The first-order valence-electron chi connectivity index (χ1n) is 9.89. The van der Waals surface area contributed by atoms with Crippen LogP contribution in [0, 0.1) is 0 Å². The third-order valence-corrected chi connectivity index (χ3v) is 5.49. The van der Waals surface area contributed by atoms with Crippen molar-refractivity contribution in [1.29, 1.82) is 0 Å². The second-order valence-electron chi connectivity index (χ2n) is 6.94. The van der Waals surface area contributed by atoms with Crippen molar-refractivity contribution in [3.8, 4) is 6.08 Å². The topological polar surface area (TPSA) is 78.6 Å². The summed E-state index contributed by atoms with van der Waals surface area (Å²) in [5.41, 5.74) is 0.324. The van der Waals surface area contributed by atoms with Crippen LogP contribution in [0.15, 0.2) is 45.6 Å². The standard InChI is InChI=1S/C22H25NO5S/c1-3-4-5-7-10-15(2)27-22-23-19-17(20(24)28-22)13-18(29-19)21(25)26-14-16-11-8-6-9-12-16/h6,8-9,11-13,15H,3-5,7,10,14H2,1-2H3. The lowest BCUT2D eigenvalue weighted by atomic mass is 10.1. The number of thiophene rings is 1. The van der Waals surface area contributed by atoms with Gasteiger partial charge < -0.3 is 13.9 Å². The van der Waals surface area contributed by atoms with Gasteiger partial charge in [0, 0.05) is 0 Å². The summed E-state index contributed by atoms with van der Waals surface area (Å²) in [6, 6.07) is 10.9. The molecule has 1 aromatic carbocycles. The van der Waals surface area contributed by atoms with Crippen molar-refractivity contribution in [2.24, 2.45) is 0 Å². The van der Waals surface area contributed by atoms with Gasteiger partial charge >= 0.3 is 17.7 Å². The number of hydrogen-bond acceptors (Lipinski definition) is 7. The lowest BCUT2D eigenvalue weighted by molar-refractivity contribution is 0.0478. The Morgan fingerprint density at radius 2 is 2.00 bits per heavy atom. The zero-order valence-corrected chi connectivity index (χ0v) is 17.5. The molecule has 154 valence electrons. The van der Waals surface area contributed by atoms with Crippen molar-refractivity contribution in [3.05, 3.63) is 57.3 Å². The molecule has 29 heavy (non-hydrogen) atoms. The summed E-state index contributed by atoms with van der Waals surface area (Å²) >= 11 is 1.09. The predicted molar refractivity (Wildman–Crippen MR) is 113 cm³/mol. The van der Waals surface area contributed by atoms with Crippen LogP contribution in [0.5, 0.6) is 6.08 Å². The molecule has 0 aliphatic heterocycles. The van der Waals surface area contributed by atoms with E-state index in [2.05, 4.69) is 11.9 Å². The van der Waals surface area contributed by atoms with Crippen molar-refractivity contribution in [2.45, 2.75) is 58.7 Å². The average molecular weight is 416 g/mol. The molecular formula is C22H25NO5S. The van der Waals surface area contributed by atoms with Gasteiger partial charge in [0.25, 0.3) is 0 Å². The Labute approximate surface area is 173 Å². The largest absolute Gasteiger partial charge is 0.457 e. The molecular weight excluding hydrogens is 390 g/mol. The van der Waals surface area contributed by atoms with Crippen LogP contribution in [0.2, 0.25) is 0 Å². The van der Waals surface area contributed by atoms with Crippen LogP contribution in [-0.4, -0.2) is 17.1 Å². The molecule has 3 rings (SSSR count). The molecule has 0 radical (unpaired) electrons. The smallest absolute Gasteiger partial charge is 0.398 e. The predicted octanol–water partition coefficient (Wildman–Crippen LogP) is 5.34. The Morgan fingerprint density at radius 3 is 2.76 bits per heavy atom. The Bertz CT molecular complexity index is 995. The van der Waals surface area contributed by atoms with Gasteiger partial charge in [-0.2, -0.15) is 4.98 Å². The number of carbonyl (C=O) groups is 1. The van der Waals surface area contributed by atoms with Crippen LogP contribution >= 0.6 is 11.3 Å². The Morgan fingerprint density at radius 1 is 1.21 bits per heavy atom.